The molecule has 0 saturated heterocycles. The van der Waals surface area contributed by atoms with Gasteiger partial charge in [0.25, 0.3) is 0 Å². The number of nitriles is 1. The Bertz CT molecular complexity index is 520. The molecule has 0 aliphatic heterocycles. The summed E-state index contributed by atoms with van der Waals surface area (Å²) in [5, 5.41) is 9.76. The van der Waals surface area contributed by atoms with Crippen molar-refractivity contribution in [3.8, 4) is 11.8 Å². The molecular weight excluding hydrogens is 176 g/mol. The molecule has 14 heavy (non-hydrogen) atoms. The average Bonchev–Trinajstić information content (AvgIpc) is 2.58. The van der Waals surface area contributed by atoms with Crippen molar-refractivity contribution in [3.05, 3.63) is 29.5 Å². The lowest BCUT2D eigenvalue weighted by Gasteiger charge is -2.03. The van der Waals surface area contributed by atoms with Crippen LogP contribution in [0.4, 0.5) is 0 Å². The predicted molar refractivity (Wildman–Crippen MR) is 54.3 cm³/mol. The third-order valence-corrected chi connectivity index (χ3v) is 2.32. The number of ether oxygens (including phenoxy) is 1. The number of rotatable bonds is 1. The van der Waals surface area contributed by atoms with E-state index in [1.165, 1.54) is 0 Å². The Balaban J connectivity index is 2.78. The Hall–Kier alpha value is -1.95. The fourth-order valence-corrected chi connectivity index (χ4v) is 1.57. The lowest BCUT2D eigenvalue weighted by atomic mass is 10.1. The zero-order chi connectivity index (χ0) is 10.1. The lowest BCUT2D eigenvalue weighted by molar-refractivity contribution is 0.412. The molecule has 0 bridgehead atoms. The Morgan fingerprint density at radius 2 is 2.21 bits per heavy atom. The highest BCUT2D eigenvalue weighted by Crippen LogP contribution is 2.26. The molecule has 70 valence electrons. The van der Waals surface area contributed by atoms with Crippen molar-refractivity contribution in [2.24, 2.45) is 0 Å². The van der Waals surface area contributed by atoms with Crippen LogP contribution >= 0.6 is 0 Å². The van der Waals surface area contributed by atoms with Crippen molar-refractivity contribution in [3.63, 3.8) is 0 Å². The molecule has 3 heteroatoms. The third kappa shape index (κ3) is 1.12. The summed E-state index contributed by atoms with van der Waals surface area (Å²) in [6.45, 7) is 1.98. The molecule has 1 aromatic carbocycles. The summed E-state index contributed by atoms with van der Waals surface area (Å²) in [4.78, 5) is 3.05. The summed E-state index contributed by atoms with van der Waals surface area (Å²) in [6, 6.07) is 6.00. The number of hydrogen-bond donors (Lipinski definition) is 1. The zero-order valence-corrected chi connectivity index (χ0v) is 8.09. The maximum Gasteiger partial charge on any atom is 0.122 e. The number of aromatic nitrogens is 1. The minimum atomic E-state index is 0.651. The maximum absolute atomic E-state index is 8.85. The van der Waals surface area contributed by atoms with Crippen molar-refractivity contribution in [2.75, 3.05) is 7.11 Å². The Labute approximate surface area is 81.9 Å². The normalized spacial score (nSPS) is 10.1. The van der Waals surface area contributed by atoms with E-state index in [4.69, 9.17) is 10.00 Å². The summed E-state index contributed by atoms with van der Waals surface area (Å²) >= 11 is 0. The van der Waals surface area contributed by atoms with Gasteiger partial charge in [0.2, 0.25) is 0 Å². The largest absolute Gasteiger partial charge is 0.496 e. The average molecular weight is 186 g/mol. The highest BCUT2D eigenvalue weighted by atomic mass is 16.5. The van der Waals surface area contributed by atoms with Gasteiger partial charge in [0.05, 0.1) is 12.7 Å². The number of aromatic amines is 1. The number of fused-ring (bicyclic) bond motifs is 1. The molecule has 0 fully saturated rings. The highest BCUT2D eigenvalue weighted by Gasteiger charge is 2.06. The van der Waals surface area contributed by atoms with E-state index in [1.807, 2.05) is 19.1 Å². The number of nitrogens with zero attached hydrogens (tertiary/aromatic N) is 1. The van der Waals surface area contributed by atoms with E-state index in [2.05, 4.69) is 11.1 Å². The van der Waals surface area contributed by atoms with Crippen molar-refractivity contribution in [1.29, 1.82) is 5.26 Å². The third-order valence-electron chi connectivity index (χ3n) is 2.32. The second kappa shape index (κ2) is 3.08. The van der Waals surface area contributed by atoms with Gasteiger partial charge in [-0.3, -0.25) is 0 Å². The fourth-order valence-electron chi connectivity index (χ4n) is 1.57. The molecule has 1 N–H and O–H groups in total. The van der Waals surface area contributed by atoms with E-state index in [1.54, 1.807) is 13.3 Å². The van der Waals surface area contributed by atoms with E-state index in [-0.39, 0.29) is 0 Å². The van der Waals surface area contributed by atoms with Gasteiger partial charge in [0.15, 0.2) is 0 Å². The Morgan fingerprint density at radius 3 is 2.86 bits per heavy atom. The van der Waals surface area contributed by atoms with Crippen LogP contribution in [0.2, 0.25) is 0 Å². The second-order valence-electron chi connectivity index (χ2n) is 3.18. The molecule has 2 rings (SSSR count). The minimum Gasteiger partial charge on any atom is -0.496 e. The van der Waals surface area contributed by atoms with Crippen LogP contribution in [-0.4, -0.2) is 12.1 Å². The van der Waals surface area contributed by atoms with Crippen LogP contribution in [0.15, 0.2) is 18.3 Å². The standard InChI is InChI=1S/C11H10N2O/c1-7-3-10-9(4-11(7)14-2)8(5-12)6-13-10/h3-4,6,13H,1-2H3. The zero-order valence-electron chi connectivity index (χ0n) is 8.09. The molecule has 0 saturated carbocycles. The van der Waals surface area contributed by atoms with Crippen molar-refractivity contribution >= 4 is 10.9 Å². The van der Waals surface area contributed by atoms with Crippen LogP contribution < -0.4 is 4.74 Å². The first-order valence-corrected chi connectivity index (χ1v) is 4.32. The number of methoxy groups -OCH3 is 1. The first-order chi connectivity index (χ1) is 6.76. The highest BCUT2D eigenvalue weighted by molar-refractivity contribution is 5.87. The predicted octanol–water partition coefficient (Wildman–Crippen LogP) is 2.36. The van der Waals surface area contributed by atoms with Crippen LogP contribution in [0.3, 0.4) is 0 Å². The lowest BCUT2D eigenvalue weighted by Crippen LogP contribution is -1.86. The summed E-state index contributed by atoms with van der Waals surface area (Å²) in [5.74, 6) is 0.814. The van der Waals surface area contributed by atoms with Crippen LogP contribution in [0.1, 0.15) is 11.1 Å². The van der Waals surface area contributed by atoms with Crippen LogP contribution in [0, 0.1) is 18.3 Å². The van der Waals surface area contributed by atoms with E-state index < -0.39 is 0 Å². The fraction of sp³-hybridized carbons (Fsp3) is 0.182. The summed E-state index contributed by atoms with van der Waals surface area (Å²) in [5.41, 5.74) is 2.68. The summed E-state index contributed by atoms with van der Waals surface area (Å²) < 4.78 is 5.20. The van der Waals surface area contributed by atoms with Crippen molar-refractivity contribution in [1.82, 2.24) is 4.98 Å². The second-order valence-corrected chi connectivity index (χ2v) is 3.18. The summed E-state index contributed by atoms with van der Waals surface area (Å²) in [7, 11) is 1.63. The monoisotopic (exact) mass is 186 g/mol. The van der Waals surface area contributed by atoms with Gasteiger partial charge in [-0.2, -0.15) is 5.26 Å². The van der Waals surface area contributed by atoms with Gasteiger partial charge in [-0.25, -0.2) is 0 Å². The number of benzene rings is 1. The molecule has 1 aromatic heterocycles. The van der Waals surface area contributed by atoms with E-state index in [0.29, 0.717) is 5.56 Å². The van der Waals surface area contributed by atoms with Gasteiger partial charge in [0, 0.05) is 17.1 Å². The van der Waals surface area contributed by atoms with E-state index in [9.17, 15) is 0 Å². The molecule has 0 aliphatic carbocycles. The SMILES string of the molecule is COc1cc2c(C#N)c[nH]c2cc1C. The Kier molecular flexibility index (Phi) is 1.90. The topological polar surface area (TPSA) is 48.8 Å². The molecule has 0 unspecified atom stereocenters. The van der Waals surface area contributed by atoms with Gasteiger partial charge >= 0.3 is 0 Å². The number of nitrogens with one attached hydrogen (secondary N) is 1. The van der Waals surface area contributed by atoms with Crippen molar-refractivity contribution in [2.45, 2.75) is 6.92 Å². The molecule has 0 spiro atoms. The van der Waals surface area contributed by atoms with Crippen LogP contribution in [0.25, 0.3) is 10.9 Å². The van der Waals surface area contributed by atoms with Crippen LogP contribution in [-0.2, 0) is 0 Å². The molecule has 1 heterocycles. The van der Waals surface area contributed by atoms with E-state index in [0.717, 1.165) is 22.2 Å². The van der Waals surface area contributed by atoms with Gasteiger partial charge in [-0.15, -0.1) is 0 Å². The first kappa shape index (κ1) is 8.64. The van der Waals surface area contributed by atoms with Gasteiger partial charge in [-0.05, 0) is 24.6 Å². The van der Waals surface area contributed by atoms with Crippen LogP contribution in [0.5, 0.6) is 5.75 Å². The number of H-pyrrole nitrogens is 1. The number of hydrogen-bond acceptors (Lipinski definition) is 2. The smallest absolute Gasteiger partial charge is 0.122 e. The van der Waals surface area contributed by atoms with Gasteiger partial charge in [-0.1, -0.05) is 0 Å². The first-order valence-electron chi connectivity index (χ1n) is 4.32. The maximum atomic E-state index is 8.85. The molecular formula is C11H10N2O. The Morgan fingerprint density at radius 1 is 1.43 bits per heavy atom. The molecule has 0 amide bonds. The van der Waals surface area contributed by atoms with E-state index >= 15 is 0 Å². The van der Waals surface area contributed by atoms with Gasteiger partial charge < -0.3 is 9.72 Å². The summed E-state index contributed by atoms with van der Waals surface area (Å²) in [6.07, 6.45) is 1.71. The molecule has 0 radical (unpaired) electrons. The van der Waals surface area contributed by atoms with Gasteiger partial charge in [0.1, 0.15) is 11.8 Å². The molecule has 2 aromatic rings. The molecule has 0 aliphatic rings. The van der Waals surface area contributed by atoms with Crippen molar-refractivity contribution < 1.29 is 4.74 Å². The molecule has 3 nitrogen and oxygen atoms in total. The quantitative estimate of drug-likeness (QED) is 0.743. The minimum absolute atomic E-state index is 0.651. The number of aryl methyl sites for hydroxylation is 1. The molecule has 0 atom stereocenters.